The van der Waals surface area contributed by atoms with E-state index < -0.39 is 5.82 Å². The Morgan fingerprint density at radius 2 is 2.36 bits per heavy atom. The number of aromatic nitrogens is 2. The molecule has 0 fully saturated rings. The standard InChI is InChI=1S/C9H14FN3O/c1-3-13(4-5-14-2)9-8(10)6-11-7-12-9/h6-7H,3-5H2,1-2H3. The summed E-state index contributed by atoms with van der Waals surface area (Å²) in [5, 5.41) is 0. The molecule has 1 heterocycles. The Labute approximate surface area is 82.7 Å². The molecule has 0 amide bonds. The van der Waals surface area contributed by atoms with Gasteiger partial charge in [0.2, 0.25) is 0 Å². The first-order valence-electron chi connectivity index (χ1n) is 4.49. The Hall–Kier alpha value is -1.23. The van der Waals surface area contributed by atoms with E-state index >= 15 is 0 Å². The maximum absolute atomic E-state index is 13.2. The van der Waals surface area contributed by atoms with Crippen LogP contribution in [0.5, 0.6) is 0 Å². The van der Waals surface area contributed by atoms with E-state index in [0.717, 1.165) is 6.20 Å². The lowest BCUT2D eigenvalue weighted by molar-refractivity contribution is 0.205. The van der Waals surface area contributed by atoms with Gasteiger partial charge in [0.05, 0.1) is 12.8 Å². The van der Waals surface area contributed by atoms with Crippen molar-refractivity contribution in [3.8, 4) is 0 Å². The summed E-state index contributed by atoms with van der Waals surface area (Å²) < 4.78 is 18.2. The Bertz CT molecular complexity index is 283. The highest BCUT2D eigenvalue weighted by Crippen LogP contribution is 2.12. The van der Waals surface area contributed by atoms with E-state index in [1.54, 1.807) is 12.0 Å². The molecule has 0 saturated heterocycles. The van der Waals surface area contributed by atoms with Crippen molar-refractivity contribution in [1.29, 1.82) is 0 Å². The molecule has 5 heteroatoms. The molecular formula is C9H14FN3O. The molecule has 1 rings (SSSR count). The van der Waals surface area contributed by atoms with E-state index in [9.17, 15) is 4.39 Å². The van der Waals surface area contributed by atoms with E-state index in [1.165, 1.54) is 6.33 Å². The van der Waals surface area contributed by atoms with Crippen molar-refractivity contribution in [3.05, 3.63) is 18.3 Å². The molecular weight excluding hydrogens is 185 g/mol. The summed E-state index contributed by atoms with van der Waals surface area (Å²) >= 11 is 0. The molecule has 0 spiro atoms. The smallest absolute Gasteiger partial charge is 0.183 e. The molecule has 4 nitrogen and oxygen atoms in total. The molecule has 14 heavy (non-hydrogen) atoms. The van der Waals surface area contributed by atoms with Crippen LogP contribution >= 0.6 is 0 Å². The summed E-state index contributed by atoms with van der Waals surface area (Å²) in [6, 6.07) is 0. The van der Waals surface area contributed by atoms with Gasteiger partial charge in [-0.2, -0.15) is 0 Å². The highest BCUT2D eigenvalue weighted by molar-refractivity contribution is 5.37. The first kappa shape index (κ1) is 10.8. The second-order valence-electron chi connectivity index (χ2n) is 2.77. The molecule has 78 valence electrons. The predicted octanol–water partition coefficient (Wildman–Crippen LogP) is 1.09. The minimum absolute atomic E-state index is 0.333. The van der Waals surface area contributed by atoms with Crippen LogP contribution in [0.1, 0.15) is 6.92 Å². The van der Waals surface area contributed by atoms with Gasteiger partial charge in [0.15, 0.2) is 11.6 Å². The third-order valence-electron chi connectivity index (χ3n) is 1.89. The van der Waals surface area contributed by atoms with Crippen molar-refractivity contribution < 1.29 is 9.13 Å². The second-order valence-corrected chi connectivity index (χ2v) is 2.77. The van der Waals surface area contributed by atoms with Crippen molar-refractivity contribution in [1.82, 2.24) is 9.97 Å². The van der Waals surface area contributed by atoms with Crippen LogP contribution in [0.3, 0.4) is 0 Å². The lowest BCUT2D eigenvalue weighted by Gasteiger charge is -2.21. The number of ether oxygens (including phenoxy) is 1. The monoisotopic (exact) mass is 199 g/mol. The van der Waals surface area contributed by atoms with Crippen LogP contribution in [0.2, 0.25) is 0 Å². The van der Waals surface area contributed by atoms with Crippen molar-refractivity contribution in [2.45, 2.75) is 6.92 Å². The molecule has 0 aliphatic heterocycles. The first-order chi connectivity index (χ1) is 6.79. The van der Waals surface area contributed by atoms with E-state index in [2.05, 4.69) is 9.97 Å². The van der Waals surface area contributed by atoms with Gasteiger partial charge >= 0.3 is 0 Å². The van der Waals surface area contributed by atoms with E-state index in [-0.39, 0.29) is 0 Å². The average molecular weight is 199 g/mol. The van der Waals surface area contributed by atoms with Gasteiger partial charge in [0.1, 0.15) is 6.33 Å². The molecule has 0 bridgehead atoms. The first-order valence-corrected chi connectivity index (χ1v) is 4.49. The fourth-order valence-electron chi connectivity index (χ4n) is 1.15. The Balaban J connectivity index is 2.73. The van der Waals surface area contributed by atoms with Gasteiger partial charge in [-0.25, -0.2) is 14.4 Å². The molecule has 0 unspecified atom stereocenters. The number of nitrogens with zero attached hydrogens (tertiary/aromatic N) is 3. The van der Waals surface area contributed by atoms with E-state index in [4.69, 9.17) is 4.74 Å². The van der Waals surface area contributed by atoms with Crippen LogP contribution in [0, 0.1) is 5.82 Å². The van der Waals surface area contributed by atoms with Crippen LogP contribution < -0.4 is 4.90 Å². The maximum atomic E-state index is 13.2. The van der Waals surface area contributed by atoms with Crippen LogP contribution in [0.25, 0.3) is 0 Å². The predicted molar refractivity (Wildman–Crippen MR) is 51.8 cm³/mol. The van der Waals surface area contributed by atoms with Crippen molar-refractivity contribution >= 4 is 5.82 Å². The summed E-state index contributed by atoms with van der Waals surface area (Å²) in [7, 11) is 1.62. The number of hydrogen-bond donors (Lipinski definition) is 0. The fourth-order valence-corrected chi connectivity index (χ4v) is 1.15. The Morgan fingerprint density at radius 1 is 1.57 bits per heavy atom. The molecule has 0 aliphatic carbocycles. The van der Waals surface area contributed by atoms with Gasteiger partial charge in [-0.1, -0.05) is 0 Å². The van der Waals surface area contributed by atoms with Gasteiger partial charge < -0.3 is 9.64 Å². The van der Waals surface area contributed by atoms with Crippen LogP contribution in [-0.4, -0.2) is 36.8 Å². The summed E-state index contributed by atoms with van der Waals surface area (Å²) in [5.74, 6) is -0.0648. The molecule has 0 aliphatic rings. The molecule has 0 N–H and O–H groups in total. The molecule has 0 atom stereocenters. The zero-order valence-electron chi connectivity index (χ0n) is 8.40. The number of rotatable bonds is 5. The van der Waals surface area contributed by atoms with E-state index in [0.29, 0.717) is 25.5 Å². The van der Waals surface area contributed by atoms with Crippen LogP contribution in [0.15, 0.2) is 12.5 Å². The average Bonchev–Trinajstić information content (AvgIpc) is 2.21. The van der Waals surface area contributed by atoms with Crippen molar-refractivity contribution in [2.75, 3.05) is 31.7 Å². The quantitative estimate of drug-likeness (QED) is 0.711. The van der Waals surface area contributed by atoms with Gasteiger partial charge in [0.25, 0.3) is 0 Å². The summed E-state index contributed by atoms with van der Waals surface area (Å²) in [5.41, 5.74) is 0. The van der Waals surface area contributed by atoms with Gasteiger partial charge in [0, 0.05) is 20.2 Å². The Morgan fingerprint density at radius 3 is 2.93 bits per heavy atom. The molecule has 1 aromatic heterocycles. The number of anilines is 1. The summed E-state index contributed by atoms with van der Waals surface area (Å²) in [6.45, 7) is 3.81. The number of likely N-dealkylation sites (N-methyl/N-ethyl adjacent to an activating group) is 1. The van der Waals surface area contributed by atoms with Gasteiger partial charge in [-0.15, -0.1) is 0 Å². The zero-order valence-corrected chi connectivity index (χ0v) is 8.40. The summed E-state index contributed by atoms with van der Waals surface area (Å²) in [4.78, 5) is 9.29. The SMILES string of the molecule is CCN(CCOC)c1ncncc1F. The molecule has 0 aromatic carbocycles. The normalized spacial score (nSPS) is 10.2. The second kappa shape index (κ2) is 5.49. The van der Waals surface area contributed by atoms with Crippen LogP contribution in [0.4, 0.5) is 10.2 Å². The maximum Gasteiger partial charge on any atom is 0.183 e. The number of methoxy groups -OCH3 is 1. The third-order valence-corrected chi connectivity index (χ3v) is 1.89. The van der Waals surface area contributed by atoms with Gasteiger partial charge in [-0.3, -0.25) is 0 Å². The topological polar surface area (TPSA) is 38.2 Å². The lowest BCUT2D eigenvalue weighted by atomic mass is 10.4. The molecule has 1 aromatic rings. The molecule has 0 saturated carbocycles. The minimum Gasteiger partial charge on any atom is -0.383 e. The van der Waals surface area contributed by atoms with Gasteiger partial charge in [-0.05, 0) is 6.92 Å². The fraction of sp³-hybridized carbons (Fsp3) is 0.556. The van der Waals surface area contributed by atoms with Crippen molar-refractivity contribution in [3.63, 3.8) is 0 Å². The zero-order chi connectivity index (χ0) is 10.4. The highest BCUT2D eigenvalue weighted by atomic mass is 19.1. The summed E-state index contributed by atoms with van der Waals surface area (Å²) in [6.07, 6.45) is 2.51. The lowest BCUT2D eigenvalue weighted by Crippen LogP contribution is -2.28. The van der Waals surface area contributed by atoms with Crippen LogP contribution in [-0.2, 0) is 4.74 Å². The van der Waals surface area contributed by atoms with Crippen molar-refractivity contribution in [2.24, 2.45) is 0 Å². The minimum atomic E-state index is -0.398. The number of halogens is 1. The Kier molecular flexibility index (Phi) is 4.25. The third kappa shape index (κ3) is 2.63. The van der Waals surface area contributed by atoms with E-state index in [1.807, 2.05) is 6.92 Å². The largest absolute Gasteiger partial charge is 0.383 e. The number of hydrogen-bond acceptors (Lipinski definition) is 4. The molecule has 0 radical (unpaired) electrons. The highest BCUT2D eigenvalue weighted by Gasteiger charge is 2.10.